The number of anilines is 1. The fraction of sp³-hybridized carbons (Fsp3) is 0.316. The van der Waals surface area contributed by atoms with Gasteiger partial charge >= 0.3 is 6.03 Å². The van der Waals surface area contributed by atoms with Crippen LogP contribution in [0.5, 0.6) is 0 Å². The summed E-state index contributed by atoms with van der Waals surface area (Å²) in [5.41, 5.74) is 3.81. The minimum Gasteiger partial charge on any atom is -0.372 e. The van der Waals surface area contributed by atoms with E-state index in [0.717, 1.165) is 16.7 Å². The van der Waals surface area contributed by atoms with Gasteiger partial charge in [0, 0.05) is 11.9 Å². The number of rotatable bonds is 5. The van der Waals surface area contributed by atoms with Crippen LogP contribution in [-0.2, 0) is 27.8 Å². The van der Waals surface area contributed by atoms with Crippen molar-refractivity contribution in [2.45, 2.75) is 37.5 Å². The summed E-state index contributed by atoms with van der Waals surface area (Å²) in [7, 11) is -3.23. The monoisotopic (exact) mass is 374 g/mol. The molecule has 2 amide bonds. The Morgan fingerprint density at radius 2 is 1.81 bits per heavy atom. The van der Waals surface area contributed by atoms with Gasteiger partial charge in [0.1, 0.15) is 0 Å². The summed E-state index contributed by atoms with van der Waals surface area (Å²) in [6.45, 7) is 3.14. The summed E-state index contributed by atoms with van der Waals surface area (Å²) in [6.07, 6.45) is 1.86. The summed E-state index contributed by atoms with van der Waals surface area (Å²) in [5, 5.41) is 5.77. The van der Waals surface area contributed by atoms with E-state index in [9.17, 15) is 13.2 Å². The van der Waals surface area contributed by atoms with Crippen molar-refractivity contribution in [1.82, 2.24) is 5.32 Å². The first kappa shape index (κ1) is 18.4. The Kier molecular flexibility index (Phi) is 5.29. The van der Waals surface area contributed by atoms with Gasteiger partial charge in [-0.05, 0) is 47.4 Å². The fourth-order valence-corrected chi connectivity index (χ4v) is 3.57. The van der Waals surface area contributed by atoms with E-state index in [-0.39, 0.29) is 17.0 Å². The molecule has 1 aliphatic heterocycles. The molecule has 138 valence electrons. The zero-order valence-corrected chi connectivity index (χ0v) is 15.6. The van der Waals surface area contributed by atoms with E-state index in [1.165, 1.54) is 6.26 Å². The van der Waals surface area contributed by atoms with Crippen molar-refractivity contribution >= 4 is 21.6 Å². The van der Waals surface area contributed by atoms with E-state index in [0.29, 0.717) is 25.3 Å². The highest BCUT2D eigenvalue weighted by Crippen LogP contribution is 2.24. The Morgan fingerprint density at radius 3 is 2.46 bits per heavy atom. The lowest BCUT2D eigenvalue weighted by atomic mass is 10.1. The van der Waals surface area contributed by atoms with Crippen molar-refractivity contribution in [3.8, 4) is 0 Å². The number of nitrogens with one attached hydrogen (secondary N) is 2. The molecule has 0 aromatic heterocycles. The van der Waals surface area contributed by atoms with Gasteiger partial charge in [0.2, 0.25) is 0 Å². The summed E-state index contributed by atoms with van der Waals surface area (Å²) in [6, 6.07) is 11.8. The molecule has 0 bridgehead atoms. The molecule has 1 aliphatic rings. The molecule has 0 radical (unpaired) electrons. The van der Waals surface area contributed by atoms with E-state index >= 15 is 0 Å². The highest BCUT2D eigenvalue weighted by atomic mass is 32.2. The van der Waals surface area contributed by atoms with E-state index < -0.39 is 9.84 Å². The Balaban J connectivity index is 1.66. The zero-order chi connectivity index (χ0) is 18.7. The zero-order valence-electron chi connectivity index (χ0n) is 14.8. The third kappa shape index (κ3) is 4.23. The molecule has 26 heavy (non-hydrogen) atoms. The molecule has 2 aromatic carbocycles. The molecule has 1 heterocycles. The highest BCUT2D eigenvalue weighted by Gasteiger charge is 2.16. The Morgan fingerprint density at radius 1 is 1.12 bits per heavy atom. The van der Waals surface area contributed by atoms with Gasteiger partial charge in [-0.3, -0.25) is 0 Å². The minimum absolute atomic E-state index is 0.207. The van der Waals surface area contributed by atoms with Crippen LogP contribution in [0.1, 0.15) is 36.1 Å². The first-order valence-electron chi connectivity index (χ1n) is 8.44. The third-order valence-corrected chi connectivity index (χ3v) is 5.53. The normalized spacial score (nSPS) is 14.5. The van der Waals surface area contributed by atoms with Crippen LogP contribution in [0, 0.1) is 0 Å². The number of carbonyl (C=O) groups excluding carboxylic acids is 1. The van der Waals surface area contributed by atoms with Crippen LogP contribution in [0.15, 0.2) is 47.4 Å². The first-order chi connectivity index (χ1) is 12.4. The molecule has 3 rings (SSSR count). The predicted octanol–water partition coefficient (Wildman–Crippen LogP) is 3.39. The van der Waals surface area contributed by atoms with Gasteiger partial charge in [0.15, 0.2) is 9.84 Å². The molecule has 7 heteroatoms. The van der Waals surface area contributed by atoms with E-state index in [4.69, 9.17) is 4.74 Å². The van der Waals surface area contributed by atoms with Gasteiger partial charge < -0.3 is 15.4 Å². The van der Waals surface area contributed by atoms with Crippen LogP contribution in [0.4, 0.5) is 10.5 Å². The second-order valence-corrected chi connectivity index (χ2v) is 8.39. The third-order valence-electron chi connectivity index (χ3n) is 4.40. The van der Waals surface area contributed by atoms with Gasteiger partial charge in [-0.2, -0.15) is 0 Å². The van der Waals surface area contributed by atoms with Crippen LogP contribution >= 0.6 is 0 Å². The van der Waals surface area contributed by atoms with Crippen molar-refractivity contribution in [3.63, 3.8) is 0 Å². The topological polar surface area (TPSA) is 84.5 Å². The second-order valence-electron chi connectivity index (χ2n) is 6.38. The van der Waals surface area contributed by atoms with Crippen LogP contribution in [0.2, 0.25) is 0 Å². The Labute approximate surface area is 153 Å². The molecule has 6 nitrogen and oxygen atoms in total. The Hall–Kier alpha value is -2.38. The average molecular weight is 374 g/mol. The van der Waals surface area contributed by atoms with Crippen molar-refractivity contribution in [2.75, 3.05) is 11.6 Å². The maximum atomic E-state index is 12.3. The molecule has 0 spiro atoms. The van der Waals surface area contributed by atoms with Gasteiger partial charge in [0.25, 0.3) is 0 Å². The van der Waals surface area contributed by atoms with Gasteiger partial charge in [-0.15, -0.1) is 0 Å². The van der Waals surface area contributed by atoms with Gasteiger partial charge in [-0.25, -0.2) is 13.2 Å². The number of ether oxygens (including phenoxy) is 1. The molecule has 0 aliphatic carbocycles. The minimum atomic E-state index is -3.23. The van der Waals surface area contributed by atoms with Crippen molar-refractivity contribution in [1.29, 1.82) is 0 Å². The van der Waals surface area contributed by atoms with E-state index in [1.54, 1.807) is 24.3 Å². The van der Waals surface area contributed by atoms with E-state index in [2.05, 4.69) is 10.6 Å². The number of urea groups is 1. The molecular weight excluding hydrogens is 352 g/mol. The number of fused-ring (bicyclic) bond motifs is 1. The van der Waals surface area contributed by atoms with Gasteiger partial charge in [0.05, 0.1) is 24.2 Å². The van der Waals surface area contributed by atoms with E-state index in [1.807, 2.05) is 25.1 Å². The summed E-state index contributed by atoms with van der Waals surface area (Å²) in [5.74, 6) is 0. The summed E-state index contributed by atoms with van der Waals surface area (Å²) < 4.78 is 28.5. The molecule has 2 N–H and O–H groups in total. The lowest BCUT2D eigenvalue weighted by molar-refractivity contribution is 0.134. The summed E-state index contributed by atoms with van der Waals surface area (Å²) in [4.78, 5) is 12.6. The maximum absolute atomic E-state index is 12.3. The molecular formula is C19H22N2O4S. The van der Waals surface area contributed by atoms with Gasteiger partial charge in [-0.1, -0.05) is 25.1 Å². The van der Waals surface area contributed by atoms with Crippen molar-refractivity contribution < 1.29 is 17.9 Å². The van der Waals surface area contributed by atoms with Crippen LogP contribution < -0.4 is 10.6 Å². The van der Waals surface area contributed by atoms with Crippen LogP contribution in [0.25, 0.3) is 0 Å². The number of hydrogen-bond donors (Lipinski definition) is 2. The first-order valence-corrected chi connectivity index (χ1v) is 10.3. The van der Waals surface area contributed by atoms with Crippen molar-refractivity contribution in [3.05, 3.63) is 59.2 Å². The Bertz CT molecular complexity index is 908. The largest absolute Gasteiger partial charge is 0.372 e. The fourth-order valence-electron chi connectivity index (χ4n) is 2.94. The van der Waals surface area contributed by atoms with Crippen LogP contribution in [0.3, 0.4) is 0 Å². The molecule has 2 aromatic rings. The standard InChI is InChI=1S/C19H22N2O4S/c1-3-18(13-5-8-17(9-6-13)26(2,23)24)21-19(22)20-16-7-4-14-11-25-12-15(14)10-16/h4-10,18H,3,11-12H2,1-2H3,(H2,20,21,22)/t18-/m1/s1. The summed E-state index contributed by atoms with van der Waals surface area (Å²) >= 11 is 0. The number of carbonyl (C=O) groups is 1. The van der Waals surface area contributed by atoms with Crippen LogP contribution in [-0.4, -0.2) is 20.7 Å². The quantitative estimate of drug-likeness (QED) is 0.840. The molecule has 0 fully saturated rings. The smallest absolute Gasteiger partial charge is 0.319 e. The van der Waals surface area contributed by atoms with Crippen molar-refractivity contribution in [2.24, 2.45) is 0 Å². The number of hydrogen-bond acceptors (Lipinski definition) is 4. The number of amides is 2. The number of benzene rings is 2. The lowest BCUT2D eigenvalue weighted by Gasteiger charge is -2.18. The SMILES string of the molecule is CC[C@@H](NC(=O)Nc1ccc2c(c1)COC2)c1ccc(S(C)(=O)=O)cc1. The highest BCUT2D eigenvalue weighted by molar-refractivity contribution is 7.90. The molecule has 0 saturated heterocycles. The molecule has 0 unspecified atom stereocenters. The maximum Gasteiger partial charge on any atom is 0.319 e. The predicted molar refractivity (Wildman–Crippen MR) is 99.7 cm³/mol. The second kappa shape index (κ2) is 7.47. The molecule has 0 saturated carbocycles. The number of sulfone groups is 1. The lowest BCUT2D eigenvalue weighted by Crippen LogP contribution is -2.32. The average Bonchev–Trinajstić information content (AvgIpc) is 3.07. The molecule has 1 atom stereocenters.